The van der Waals surface area contributed by atoms with Crippen molar-refractivity contribution in [1.29, 1.82) is 0 Å². The molecule has 0 spiro atoms. The third kappa shape index (κ3) is 42.6. The Kier molecular flexibility index (Phi) is 49.5. The number of ketones is 3. The standard InChI is InChI=1S/C13H25NO2.C11H20N2O3.C10H20N2O.C10H22N2.3C10H19NO.C7H15NO/c1-10(2)11-6-8-14(9-7-11)12(15)16-13(3,4)5;1-9(2)12-5-7-13(8-6-12)10(14)3-4-11(15)16;1-8(2)10(13)11-9-4-6-12(3)7-5-9;1-4-11-5-7-12(8-6-11)9-10(2)3;1-8(2)10(12)9-4-6-11(3)7-5-9;1-8(2)10(12)9-5-4-6-11(3)7-9;1-8(2)10(12)9-6-4-5-7-11(9)3;1-7(2)8-3-5-9-6-4-8/h10-11H,6-9H2,1-5H3;9H,3-8H2,1-2H3,(H,15,16);8-9H,4-7H2,1-3H3,(H,11,13);10H,4-9H2,1-3H3;3*8-9H,4-7H2,1-3H3;7H,3-6H2,1-2H3. The van der Waals surface area contributed by atoms with E-state index in [1.807, 2.05) is 81.1 Å². The predicted octanol–water partition coefficient (Wildman–Crippen LogP) is 11.4. The first-order valence-electron chi connectivity index (χ1n) is 40.4. The Morgan fingerprint density at radius 1 is 0.480 bits per heavy atom. The Labute approximate surface area is 624 Å². The van der Waals surface area contributed by atoms with Crippen LogP contribution in [0.2, 0.25) is 0 Å². The second-order valence-electron chi connectivity index (χ2n) is 33.9. The number of ether oxygens (including phenoxy) is 2. The molecule has 0 aromatic heterocycles. The minimum atomic E-state index is -0.908. The molecule has 2 N–H and O–H groups in total. The van der Waals surface area contributed by atoms with Crippen molar-refractivity contribution >= 4 is 41.2 Å². The summed E-state index contributed by atoms with van der Waals surface area (Å²) in [6, 6.07) is 1.81. The molecule has 0 saturated carbocycles. The van der Waals surface area contributed by atoms with Crippen molar-refractivity contribution < 1.29 is 48.1 Å². The lowest BCUT2D eigenvalue weighted by molar-refractivity contribution is -0.141. The normalized spacial score (nSPS) is 21.7. The Bertz CT molecular complexity index is 2270. The fraction of sp³-hybridized carbons (Fsp3) is 0.914. The van der Waals surface area contributed by atoms with Gasteiger partial charge in [0.2, 0.25) is 11.8 Å². The minimum absolute atomic E-state index is 0.0363. The van der Waals surface area contributed by atoms with Crippen LogP contribution < -0.4 is 5.32 Å². The Morgan fingerprint density at radius 3 is 1.39 bits per heavy atom. The van der Waals surface area contributed by atoms with Crippen molar-refractivity contribution in [3.05, 3.63) is 0 Å². The van der Waals surface area contributed by atoms with Crippen LogP contribution in [0.3, 0.4) is 0 Å². The van der Waals surface area contributed by atoms with Gasteiger partial charge in [-0.15, -0.1) is 0 Å². The van der Waals surface area contributed by atoms with Crippen molar-refractivity contribution in [1.82, 2.24) is 54.3 Å². The molecule has 8 rings (SSSR count). The number of rotatable bonds is 17. The van der Waals surface area contributed by atoms with Crippen molar-refractivity contribution in [2.45, 2.75) is 252 Å². The second-order valence-corrected chi connectivity index (χ2v) is 33.9. The van der Waals surface area contributed by atoms with E-state index in [4.69, 9.17) is 14.6 Å². The third-order valence-electron chi connectivity index (χ3n) is 20.9. The summed E-state index contributed by atoms with van der Waals surface area (Å²) in [4.78, 5) is 103. The second kappa shape index (κ2) is 52.4. The van der Waals surface area contributed by atoms with Gasteiger partial charge in [-0.2, -0.15) is 0 Å². The first-order valence-corrected chi connectivity index (χ1v) is 40.4. The van der Waals surface area contributed by atoms with Crippen LogP contribution in [0.4, 0.5) is 4.79 Å². The van der Waals surface area contributed by atoms with E-state index in [0.29, 0.717) is 47.3 Å². The molecule has 0 radical (unpaired) electrons. The predicted molar refractivity (Wildman–Crippen MR) is 420 cm³/mol. The van der Waals surface area contributed by atoms with E-state index in [0.717, 1.165) is 181 Å². The van der Waals surface area contributed by atoms with E-state index in [9.17, 15) is 33.6 Å². The highest BCUT2D eigenvalue weighted by molar-refractivity contribution is 5.86. The van der Waals surface area contributed by atoms with Crippen LogP contribution >= 0.6 is 0 Å². The molecule has 2 unspecified atom stereocenters. The average Bonchev–Trinajstić information content (AvgIpc) is 0.881. The minimum Gasteiger partial charge on any atom is -0.481 e. The molecule has 3 amide bonds. The molecule has 8 fully saturated rings. The molecule has 0 bridgehead atoms. The number of likely N-dealkylation sites (N-methyl/N-ethyl adjacent to an activating group) is 2. The molecule has 0 aliphatic carbocycles. The van der Waals surface area contributed by atoms with Crippen LogP contribution in [-0.2, 0) is 38.2 Å². The largest absolute Gasteiger partial charge is 0.481 e. The van der Waals surface area contributed by atoms with Gasteiger partial charge < -0.3 is 54.2 Å². The first kappa shape index (κ1) is 96.3. The average molecular weight is 1450 g/mol. The lowest BCUT2D eigenvalue weighted by atomic mass is 9.87. The fourth-order valence-electron chi connectivity index (χ4n) is 13.8. The Balaban J connectivity index is 0.000000586. The van der Waals surface area contributed by atoms with E-state index in [-0.39, 0.29) is 66.1 Å². The number of amides is 3. The number of piperazine rings is 2. The van der Waals surface area contributed by atoms with Gasteiger partial charge in [-0.05, 0) is 204 Å². The number of likely N-dealkylation sites (tertiary alicyclic amines) is 5. The summed E-state index contributed by atoms with van der Waals surface area (Å²) in [5, 5.41) is 11.6. The number of hydrogen-bond donors (Lipinski definition) is 2. The number of carboxylic acid groups (broad SMARTS) is 1. The summed E-state index contributed by atoms with van der Waals surface area (Å²) in [6.07, 6.45) is 12.2. The molecule has 8 aliphatic rings. The Hall–Kier alpha value is -3.67. The SMILES string of the molecule is CC(C)C(=O)C1CCCCN1C.CC(C)C(=O)C1CCCN(C)C1.CC(C)C(=O)C1CCN(C)CC1.CC(C)C(=O)NC1CCN(C)CC1.CC(C)C1CCN(C(=O)OC(C)(C)C)CC1.CC(C)N1CCN(C(=O)CCC(=O)O)CC1.CC(C)N1CCOCC1.CCN1CCN(CC(C)C)CC1. The highest BCUT2D eigenvalue weighted by atomic mass is 16.6. The van der Waals surface area contributed by atoms with Gasteiger partial charge >= 0.3 is 12.1 Å². The van der Waals surface area contributed by atoms with Gasteiger partial charge in [-0.1, -0.05) is 96.4 Å². The van der Waals surface area contributed by atoms with Gasteiger partial charge in [0.25, 0.3) is 0 Å². The van der Waals surface area contributed by atoms with Gasteiger partial charge in [0, 0.05) is 152 Å². The summed E-state index contributed by atoms with van der Waals surface area (Å²) >= 11 is 0. The molecular weight excluding hydrogens is 1290 g/mol. The molecule has 2 atom stereocenters. The van der Waals surface area contributed by atoms with Gasteiger partial charge in [0.1, 0.15) is 17.2 Å². The molecule has 8 heterocycles. The molecular formula is C81H159N11O10. The molecule has 21 nitrogen and oxygen atoms in total. The van der Waals surface area contributed by atoms with E-state index in [1.165, 1.54) is 58.5 Å². The number of nitrogens with one attached hydrogen (secondary N) is 1. The lowest BCUT2D eigenvalue weighted by Gasteiger charge is -2.36. The molecule has 8 aliphatic heterocycles. The zero-order chi connectivity index (χ0) is 77.4. The van der Waals surface area contributed by atoms with Crippen molar-refractivity contribution in [3.63, 3.8) is 0 Å². The van der Waals surface area contributed by atoms with Gasteiger partial charge in [-0.25, -0.2) is 4.79 Å². The zero-order valence-corrected chi connectivity index (χ0v) is 70.1. The molecule has 0 aromatic rings. The number of morpholine rings is 1. The van der Waals surface area contributed by atoms with E-state index in [1.54, 1.807) is 4.90 Å². The number of carboxylic acids is 1. The number of carbonyl (C=O) groups is 7. The van der Waals surface area contributed by atoms with Gasteiger partial charge in [0.05, 0.1) is 25.7 Å². The summed E-state index contributed by atoms with van der Waals surface area (Å²) in [6.45, 7) is 65.8. The highest BCUT2D eigenvalue weighted by Crippen LogP contribution is 2.26. The number of hydrogen-bond acceptors (Lipinski definition) is 17. The smallest absolute Gasteiger partial charge is 0.410 e. The van der Waals surface area contributed by atoms with Crippen LogP contribution in [0.1, 0.15) is 222 Å². The van der Waals surface area contributed by atoms with Crippen molar-refractivity contribution in [3.8, 4) is 0 Å². The first-order chi connectivity index (χ1) is 47.8. The molecule has 0 aromatic carbocycles. The summed E-state index contributed by atoms with van der Waals surface area (Å²) in [5.74, 6) is 4.26. The monoisotopic (exact) mass is 1450 g/mol. The third-order valence-corrected chi connectivity index (χ3v) is 20.9. The number of nitrogens with zero attached hydrogens (tertiary/aromatic N) is 10. The Morgan fingerprint density at radius 2 is 0.971 bits per heavy atom. The summed E-state index contributed by atoms with van der Waals surface area (Å²) < 4.78 is 10.6. The quantitative estimate of drug-likeness (QED) is 0.139. The topological polar surface area (TPSA) is 203 Å². The molecule has 102 heavy (non-hydrogen) atoms. The zero-order valence-electron chi connectivity index (χ0n) is 70.1. The van der Waals surface area contributed by atoms with E-state index >= 15 is 0 Å². The van der Waals surface area contributed by atoms with E-state index < -0.39 is 5.97 Å². The lowest BCUT2D eigenvalue weighted by Crippen LogP contribution is -2.50. The highest BCUT2D eigenvalue weighted by Gasteiger charge is 2.31. The van der Waals surface area contributed by atoms with Crippen LogP contribution in [0.15, 0.2) is 0 Å². The fourth-order valence-corrected chi connectivity index (χ4v) is 13.8. The number of Topliss-reactive ketones (excluding diaryl/α,β-unsaturated/α-hetero) is 3. The maximum Gasteiger partial charge on any atom is 0.410 e. The van der Waals surface area contributed by atoms with Gasteiger partial charge in [-0.3, -0.25) is 43.5 Å². The number of carbonyl (C=O) groups excluding carboxylic acids is 6. The molecule has 598 valence electrons. The number of piperidine rings is 5. The van der Waals surface area contributed by atoms with Gasteiger partial charge in [0.15, 0.2) is 5.78 Å². The van der Waals surface area contributed by atoms with Crippen LogP contribution in [0.5, 0.6) is 0 Å². The van der Waals surface area contributed by atoms with Crippen LogP contribution in [0, 0.1) is 53.3 Å². The summed E-state index contributed by atoms with van der Waals surface area (Å²) in [7, 11) is 8.40. The molecule has 8 saturated heterocycles. The maximum atomic E-state index is 11.8. The maximum absolute atomic E-state index is 11.8. The van der Waals surface area contributed by atoms with E-state index in [2.05, 4.69) is 135 Å². The number of aliphatic carboxylic acids is 1. The summed E-state index contributed by atoms with van der Waals surface area (Å²) in [5.41, 5.74) is -0.383. The van der Waals surface area contributed by atoms with Crippen LogP contribution in [-0.4, -0.2) is 304 Å². The molecule has 21 heteroatoms. The van der Waals surface area contributed by atoms with Crippen molar-refractivity contribution in [2.24, 2.45) is 53.3 Å². The van der Waals surface area contributed by atoms with Crippen molar-refractivity contribution in [2.75, 3.05) is 179 Å². The van der Waals surface area contributed by atoms with Crippen LogP contribution in [0.25, 0.3) is 0 Å².